The fraction of sp³-hybridized carbons (Fsp3) is 0.389. The molecule has 6 heteroatoms. The van der Waals surface area contributed by atoms with Crippen LogP contribution in [0.3, 0.4) is 0 Å². The maximum Gasteiger partial charge on any atom is 0.266 e. The summed E-state index contributed by atoms with van der Waals surface area (Å²) in [4.78, 5) is 29.8. The van der Waals surface area contributed by atoms with Crippen LogP contribution in [0.2, 0.25) is 0 Å². The molecule has 126 valence electrons. The third-order valence-electron chi connectivity index (χ3n) is 4.44. The Morgan fingerprint density at radius 2 is 2.17 bits per heavy atom. The summed E-state index contributed by atoms with van der Waals surface area (Å²) in [6.45, 7) is 5.57. The Labute approximate surface area is 145 Å². The quantitative estimate of drug-likeness (QED) is 0.906. The molecule has 0 spiro atoms. The van der Waals surface area contributed by atoms with Crippen molar-refractivity contribution in [3.8, 4) is 6.07 Å². The molecule has 5 nitrogen and oxygen atoms in total. The van der Waals surface area contributed by atoms with Gasteiger partial charge in [-0.25, -0.2) is 0 Å². The van der Waals surface area contributed by atoms with Crippen molar-refractivity contribution in [3.05, 3.63) is 55.1 Å². The van der Waals surface area contributed by atoms with Crippen LogP contribution >= 0.6 is 11.3 Å². The summed E-state index contributed by atoms with van der Waals surface area (Å²) in [6, 6.07) is 5.97. The second-order valence-corrected chi connectivity index (χ2v) is 6.84. The lowest BCUT2D eigenvalue weighted by Crippen LogP contribution is -2.29. The van der Waals surface area contributed by atoms with Crippen molar-refractivity contribution >= 4 is 17.2 Å². The van der Waals surface area contributed by atoms with Crippen molar-refractivity contribution in [1.29, 1.82) is 5.26 Å². The standard InChI is InChI=1S/C18H21N3O2S/c1-11-14(12(2)20-18(23)15(11)10-19)7-8-17(22)21(4)13(3)16-6-5-9-24-16/h5-6,9,13H,7-8H2,1-4H3,(H,20,23)/t13-/m1/s1. The zero-order valence-electron chi connectivity index (χ0n) is 14.3. The van der Waals surface area contributed by atoms with E-state index in [1.54, 1.807) is 37.1 Å². The highest BCUT2D eigenvalue weighted by molar-refractivity contribution is 7.10. The molecule has 2 heterocycles. The smallest absolute Gasteiger partial charge is 0.266 e. The van der Waals surface area contributed by atoms with Gasteiger partial charge in [-0.05, 0) is 49.8 Å². The van der Waals surface area contributed by atoms with Gasteiger partial charge in [-0.15, -0.1) is 11.3 Å². The van der Waals surface area contributed by atoms with Gasteiger partial charge >= 0.3 is 0 Å². The number of aromatic nitrogens is 1. The lowest BCUT2D eigenvalue weighted by molar-refractivity contribution is -0.131. The molecule has 0 radical (unpaired) electrons. The number of carbonyl (C=O) groups is 1. The van der Waals surface area contributed by atoms with Gasteiger partial charge in [0.05, 0.1) is 6.04 Å². The molecule has 2 aromatic rings. The molecule has 0 aliphatic carbocycles. The molecule has 0 fully saturated rings. The third-order valence-corrected chi connectivity index (χ3v) is 5.48. The van der Waals surface area contributed by atoms with Crippen LogP contribution in [-0.4, -0.2) is 22.8 Å². The molecule has 1 atom stereocenters. The van der Waals surface area contributed by atoms with Gasteiger partial charge < -0.3 is 9.88 Å². The van der Waals surface area contributed by atoms with Gasteiger partial charge in [-0.2, -0.15) is 5.26 Å². The van der Waals surface area contributed by atoms with Gasteiger partial charge in [0.25, 0.3) is 5.56 Å². The summed E-state index contributed by atoms with van der Waals surface area (Å²) in [5.74, 6) is 0.0411. The van der Waals surface area contributed by atoms with Crippen LogP contribution in [0, 0.1) is 25.2 Å². The van der Waals surface area contributed by atoms with E-state index in [1.165, 1.54) is 0 Å². The molecule has 0 saturated heterocycles. The van der Waals surface area contributed by atoms with Gasteiger partial charge in [-0.1, -0.05) is 6.07 Å². The van der Waals surface area contributed by atoms with Gasteiger partial charge in [0, 0.05) is 24.0 Å². The monoisotopic (exact) mass is 343 g/mol. The van der Waals surface area contributed by atoms with Crippen LogP contribution in [0.1, 0.15) is 46.6 Å². The van der Waals surface area contributed by atoms with Crippen molar-refractivity contribution in [2.24, 2.45) is 0 Å². The highest BCUT2D eigenvalue weighted by Crippen LogP contribution is 2.24. The molecule has 0 aliphatic heterocycles. The van der Waals surface area contributed by atoms with Crippen LogP contribution in [0.5, 0.6) is 0 Å². The van der Waals surface area contributed by atoms with Crippen molar-refractivity contribution in [2.45, 2.75) is 39.7 Å². The molecular formula is C18H21N3O2S. The highest BCUT2D eigenvalue weighted by Gasteiger charge is 2.19. The Morgan fingerprint density at radius 3 is 2.75 bits per heavy atom. The minimum absolute atomic E-state index is 0.0324. The molecule has 1 amide bonds. The third kappa shape index (κ3) is 3.57. The second-order valence-electron chi connectivity index (χ2n) is 5.87. The van der Waals surface area contributed by atoms with Crippen molar-refractivity contribution in [1.82, 2.24) is 9.88 Å². The van der Waals surface area contributed by atoms with Crippen LogP contribution < -0.4 is 5.56 Å². The number of thiophene rings is 1. The van der Waals surface area contributed by atoms with E-state index in [-0.39, 0.29) is 23.1 Å². The number of carbonyl (C=O) groups excluding carboxylic acids is 1. The minimum atomic E-state index is -0.369. The minimum Gasteiger partial charge on any atom is -0.338 e. The molecule has 0 aromatic carbocycles. The van der Waals surface area contributed by atoms with E-state index in [9.17, 15) is 9.59 Å². The van der Waals surface area contributed by atoms with E-state index in [1.807, 2.05) is 30.5 Å². The average molecular weight is 343 g/mol. The first-order valence-electron chi connectivity index (χ1n) is 7.78. The predicted octanol–water partition coefficient (Wildman–Crippen LogP) is 3.08. The Balaban J connectivity index is 2.12. The fourth-order valence-electron chi connectivity index (χ4n) is 2.76. The Hall–Kier alpha value is -2.39. The number of hydrogen-bond acceptors (Lipinski definition) is 4. The fourth-order valence-corrected chi connectivity index (χ4v) is 3.59. The van der Waals surface area contributed by atoms with E-state index in [4.69, 9.17) is 5.26 Å². The summed E-state index contributed by atoms with van der Waals surface area (Å²) in [5.41, 5.74) is 2.02. The molecule has 24 heavy (non-hydrogen) atoms. The number of nitrogens with one attached hydrogen (secondary N) is 1. The van der Waals surface area contributed by atoms with Crippen LogP contribution in [0.25, 0.3) is 0 Å². The first-order valence-corrected chi connectivity index (χ1v) is 8.66. The van der Waals surface area contributed by atoms with Gasteiger partial charge in [-0.3, -0.25) is 9.59 Å². The number of aromatic amines is 1. The molecule has 2 rings (SSSR count). The van der Waals surface area contributed by atoms with Gasteiger partial charge in [0.2, 0.25) is 5.91 Å². The number of nitrogens with zero attached hydrogens (tertiary/aromatic N) is 2. The zero-order chi connectivity index (χ0) is 17.9. The summed E-state index contributed by atoms with van der Waals surface area (Å²) >= 11 is 1.63. The molecule has 2 aromatic heterocycles. The molecule has 0 saturated carbocycles. The maximum atomic E-state index is 12.5. The van der Waals surface area contributed by atoms with Crippen LogP contribution in [0.15, 0.2) is 22.3 Å². The lowest BCUT2D eigenvalue weighted by atomic mass is 9.99. The van der Waals surface area contributed by atoms with E-state index < -0.39 is 0 Å². The predicted molar refractivity (Wildman–Crippen MR) is 95.1 cm³/mol. The van der Waals surface area contributed by atoms with E-state index in [2.05, 4.69) is 4.98 Å². The van der Waals surface area contributed by atoms with Crippen molar-refractivity contribution in [2.75, 3.05) is 7.05 Å². The van der Waals surface area contributed by atoms with Gasteiger partial charge in [0.1, 0.15) is 11.6 Å². The normalized spacial score (nSPS) is 11.8. The van der Waals surface area contributed by atoms with Crippen LogP contribution in [-0.2, 0) is 11.2 Å². The first-order chi connectivity index (χ1) is 11.4. The molecular weight excluding hydrogens is 322 g/mol. The highest BCUT2D eigenvalue weighted by atomic mass is 32.1. The Morgan fingerprint density at radius 1 is 1.46 bits per heavy atom. The van der Waals surface area contributed by atoms with Gasteiger partial charge in [0.15, 0.2) is 0 Å². The SMILES string of the molecule is Cc1[nH]c(=O)c(C#N)c(C)c1CCC(=O)N(C)[C@H](C)c1cccs1. The molecule has 0 bridgehead atoms. The lowest BCUT2D eigenvalue weighted by Gasteiger charge is -2.24. The maximum absolute atomic E-state index is 12.5. The summed E-state index contributed by atoms with van der Waals surface area (Å²) in [6.07, 6.45) is 0.842. The van der Waals surface area contributed by atoms with E-state index in [0.717, 1.165) is 16.1 Å². The number of amides is 1. The number of pyridine rings is 1. The molecule has 1 N–H and O–H groups in total. The van der Waals surface area contributed by atoms with E-state index in [0.29, 0.717) is 18.4 Å². The van der Waals surface area contributed by atoms with E-state index >= 15 is 0 Å². The summed E-state index contributed by atoms with van der Waals surface area (Å²) in [7, 11) is 1.81. The largest absolute Gasteiger partial charge is 0.338 e. The van der Waals surface area contributed by atoms with Crippen molar-refractivity contribution in [3.63, 3.8) is 0 Å². The summed E-state index contributed by atoms with van der Waals surface area (Å²) in [5, 5.41) is 11.1. The second kappa shape index (κ2) is 7.45. The number of rotatable bonds is 5. The van der Waals surface area contributed by atoms with Crippen molar-refractivity contribution < 1.29 is 4.79 Å². The topological polar surface area (TPSA) is 77.0 Å². The zero-order valence-corrected chi connectivity index (χ0v) is 15.2. The Bertz CT molecular complexity index is 831. The number of H-pyrrole nitrogens is 1. The number of aryl methyl sites for hydroxylation is 1. The first kappa shape index (κ1) is 18.0. The summed E-state index contributed by atoms with van der Waals surface area (Å²) < 4.78 is 0. The van der Waals surface area contributed by atoms with Crippen LogP contribution in [0.4, 0.5) is 0 Å². The number of nitriles is 1. The number of hydrogen-bond donors (Lipinski definition) is 1. The molecule has 0 aliphatic rings. The molecule has 0 unspecified atom stereocenters. The Kier molecular flexibility index (Phi) is 5.58. The average Bonchev–Trinajstić information content (AvgIpc) is 3.07.